The average Bonchev–Trinajstić information content (AvgIpc) is 2.97. The van der Waals surface area contributed by atoms with E-state index in [9.17, 15) is 9.59 Å². The first-order chi connectivity index (χ1) is 14.5. The molecule has 1 aliphatic heterocycles. The van der Waals surface area contributed by atoms with Crippen LogP contribution < -0.4 is 10.1 Å². The van der Waals surface area contributed by atoms with Crippen LogP contribution in [0.3, 0.4) is 0 Å². The lowest BCUT2D eigenvalue weighted by atomic mass is 9.99. The molecule has 2 amide bonds. The summed E-state index contributed by atoms with van der Waals surface area (Å²) >= 11 is 0. The number of anilines is 1. The molecule has 0 unspecified atom stereocenters. The van der Waals surface area contributed by atoms with E-state index in [1.807, 2.05) is 57.2 Å². The van der Waals surface area contributed by atoms with Crippen LogP contribution in [-0.4, -0.2) is 43.6 Å². The van der Waals surface area contributed by atoms with Crippen LogP contribution in [0.15, 0.2) is 48.2 Å². The van der Waals surface area contributed by atoms with Crippen molar-refractivity contribution in [3.63, 3.8) is 0 Å². The summed E-state index contributed by atoms with van der Waals surface area (Å²) < 4.78 is 10.6. The Bertz CT molecular complexity index is 981. The molecule has 6 nitrogen and oxygen atoms in total. The molecule has 0 radical (unpaired) electrons. The molecular weight excluding hydrogens is 380 g/mol. The van der Waals surface area contributed by atoms with Crippen molar-refractivity contribution in [2.75, 3.05) is 32.2 Å². The minimum Gasteiger partial charge on any atom is -0.497 e. The van der Waals surface area contributed by atoms with Crippen molar-refractivity contribution in [3.8, 4) is 5.75 Å². The van der Waals surface area contributed by atoms with Crippen LogP contribution in [0.2, 0.25) is 0 Å². The molecule has 30 heavy (non-hydrogen) atoms. The quantitative estimate of drug-likeness (QED) is 0.503. The Morgan fingerprint density at radius 1 is 1.00 bits per heavy atom. The van der Waals surface area contributed by atoms with E-state index in [0.717, 1.165) is 16.7 Å². The van der Waals surface area contributed by atoms with Crippen molar-refractivity contribution in [3.05, 3.63) is 64.9 Å². The lowest BCUT2D eigenvalue weighted by Gasteiger charge is -2.15. The summed E-state index contributed by atoms with van der Waals surface area (Å²) in [5.41, 5.74) is 4.29. The van der Waals surface area contributed by atoms with E-state index in [1.165, 1.54) is 4.90 Å². The topological polar surface area (TPSA) is 67.9 Å². The van der Waals surface area contributed by atoms with E-state index in [0.29, 0.717) is 43.2 Å². The fourth-order valence-corrected chi connectivity index (χ4v) is 3.37. The van der Waals surface area contributed by atoms with E-state index in [-0.39, 0.29) is 17.5 Å². The van der Waals surface area contributed by atoms with Gasteiger partial charge in [-0.15, -0.1) is 0 Å². The smallest absolute Gasteiger partial charge is 0.278 e. The van der Waals surface area contributed by atoms with Crippen molar-refractivity contribution in [2.45, 2.75) is 27.2 Å². The second-order valence-corrected chi connectivity index (χ2v) is 7.22. The molecule has 0 saturated carbocycles. The van der Waals surface area contributed by atoms with E-state index in [1.54, 1.807) is 13.2 Å². The van der Waals surface area contributed by atoms with Crippen LogP contribution in [0.25, 0.3) is 5.57 Å². The number of imide groups is 1. The second kappa shape index (κ2) is 9.59. The third kappa shape index (κ3) is 4.54. The highest BCUT2D eigenvalue weighted by Gasteiger charge is 2.39. The first kappa shape index (κ1) is 21.6. The molecule has 0 aromatic heterocycles. The van der Waals surface area contributed by atoms with Crippen molar-refractivity contribution in [2.24, 2.45) is 0 Å². The monoisotopic (exact) mass is 408 g/mol. The Hall–Kier alpha value is -3.12. The van der Waals surface area contributed by atoms with E-state index in [2.05, 4.69) is 5.32 Å². The van der Waals surface area contributed by atoms with Gasteiger partial charge in [-0.3, -0.25) is 14.5 Å². The third-order valence-corrected chi connectivity index (χ3v) is 5.18. The minimum atomic E-state index is -0.326. The molecule has 3 rings (SSSR count). The molecule has 0 atom stereocenters. The van der Waals surface area contributed by atoms with Crippen LogP contribution in [0.1, 0.15) is 30.0 Å². The van der Waals surface area contributed by atoms with Gasteiger partial charge < -0.3 is 14.8 Å². The molecule has 1 N–H and O–H groups in total. The van der Waals surface area contributed by atoms with Crippen LogP contribution >= 0.6 is 0 Å². The Balaban J connectivity index is 1.98. The number of nitrogens with zero attached hydrogens (tertiary/aromatic N) is 1. The van der Waals surface area contributed by atoms with Gasteiger partial charge in [-0.1, -0.05) is 24.3 Å². The van der Waals surface area contributed by atoms with Gasteiger partial charge in [0, 0.05) is 31.5 Å². The second-order valence-electron chi connectivity index (χ2n) is 7.22. The van der Waals surface area contributed by atoms with Crippen LogP contribution in [-0.2, 0) is 14.3 Å². The first-order valence-corrected chi connectivity index (χ1v) is 10.1. The number of hydrogen-bond acceptors (Lipinski definition) is 5. The van der Waals surface area contributed by atoms with Crippen LogP contribution in [0.4, 0.5) is 5.69 Å². The maximum absolute atomic E-state index is 13.2. The van der Waals surface area contributed by atoms with Crippen molar-refractivity contribution in [1.82, 2.24) is 4.90 Å². The SMILES string of the molecule is CCOCCCN1C(=O)C(Nc2cccc(OC)c2)=C(c2ccc(C)c(C)c2)C1=O. The summed E-state index contributed by atoms with van der Waals surface area (Å²) in [6.45, 7) is 7.36. The van der Waals surface area contributed by atoms with Gasteiger partial charge >= 0.3 is 0 Å². The van der Waals surface area contributed by atoms with Gasteiger partial charge in [0.05, 0.1) is 12.7 Å². The predicted octanol–water partition coefficient (Wildman–Crippen LogP) is 3.93. The number of methoxy groups -OCH3 is 1. The van der Waals surface area contributed by atoms with Gasteiger partial charge in [-0.05, 0) is 56.0 Å². The fourth-order valence-electron chi connectivity index (χ4n) is 3.37. The summed E-state index contributed by atoms with van der Waals surface area (Å²) in [7, 11) is 1.59. The maximum atomic E-state index is 13.2. The number of ether oxygens (including phenoxy) is 2. The predicted molar refractivity (Wildman–Crippen MR) is 117 cm³/mol. The Kier molecular flexibility index (Phi) is 6.90. The standard InChI is InChI=1S/C24H28N2O4/c1-5-30-13-7-12-26-23(27)21(18-11-10-16(2)17(3)14-18)22(24(26)28)25-19-8-6-9-20(15-19)29-4/h6,8-11,14-15,25H,5,7,12-13H2,1-4H3. The third-order valence-electron chi connectivity index (χ3n) is 5.18. The van der Waals surface area contributed by atoms with Gasteiger partial charge in [-0.25, -0.2) is 0 Å². The lowest BCUT2D eigenvalue weighted by Crippen LogP contribution is -2.34. The number of carbonyl (C=O) groups excluding carboxylic acids is 2. The average molecular weight is 408 g/mol. The molecular formula is C24H28N2O4. The molecule has 2 aromatic rings. The van der Waals surface area contributed by atoms with Gasteiger partial charge in [-0.2, -0.15) is 0 Å². The van der Waals surface area contributed by atoms with Gasteiger partial charge in [0.25, 0.3) is 11.8 Å². The normalized spacial score (nSPS) is 13.9. The first-order valence-electron chi connectivity index (χ1n) is 10.1. The molecule has 2 aromatic carbocycles. The van der Waals surface area contributed by atoms with E-state index < -0.39 is 0 Å². The van der Waals surface area contributed by atoms with E-state index >= 15 is 0 Å². The molecule has 0 spiro atoms. The van der Waals surface area contributed by atoms with Crippen LogP contribution in [0, 0.1) is 13.8 Å². The maximum Gasteiger partial charge on any atom is 0.278 e. The zero-order valence-corrected chi connectivity index (χ0v) is 18.0. The number of carbonyl (C=O) groups is 2. The van der Waals surface area contributed by atoms with Crippen molar-refractivity contribution >= 4 is 23.1 Å². The summed E-state index contributed by atoms with van der Waals surface area (Å²) in [4.78, 5) is 27.7. The molecule has 0 aliphatic carbocycles. The largest absolute Gasteiger partial charge is 0.497 e. The Labute approximate surface area is 177 Å². The number of hydrogen-bond donors (Lipinski definition) is 1. The highest BCUT2D eigenvalue weighted by Crippen LogP contribution is 2.32. The molecule has 1 aliphatic rings. The molecule has 0 fully saturated rings. The molecule has 0 saturated heterocycles. The summed E-state index contributed by atoms with van der Waals surface area (Å²) in [5.74, 6) is 0.0522. The van der Waals surface area contributed by atoms with Gasteiger partial charge in [0.15, 0.2) is 0 Å². The summed E-state index contributed by atoms with van der Waals surface area (Å²) in [6.07, 6.45) is 0.595. The number of rotatable bonds is 9. The molecule has 6 heteroatoms. The van der Waals surface area contributed by atoms with Crippen molar-refractivity contribution in [1.29, 1.82) is 0 Å². The Morgan fingerprint density at radius 2 is 1.80 bits per heavy atom. The summed E-state index contributed by atoms with van der Waals surface area (Å²) in [6, 6.07) is 13.1. The molecule has 0 bridgehead atoms. The van der Waals surface area contributed by atoms with Crippen LogP contribution in [0.5, 0.6) is 5.75 Å². The number of benzene rings is 2. The minimum absolute atomic E-state index is 0.285. The highest BCUT2D eigenvalue weighted by atomic mass is 16.5. The zero-order chi connectivity index (χ0) is 21.7. The highest BCUT2D eigenvalue weighted by molar-refractivity contribution is 6.36. The lowest BCUT2D eigenvalue weighted by molar-refractivity contribution is -0.137. The molecule has 1 heterocycles. The molecule has 158 valence electrons. The van der Waals surface area contributed by atoms with Crippen molar-refractivity contribution < 1.29 is 19.1 Å². The number of nitrogens with one attached hydrogen (secondary N) is 1. The van der Waals surface area contributed by atoms with E-state index in [4.69, 9.17) is 9.47 Å². The number of aryl methyl sites for hydroxylation is 2. The zero-order valence-electron chi connectivity index (χ0n) is 18.0. The fraction of sp³-hybridized carbons (Fsp3) is 0.333. The number of amides is 2. The van der Waals surface area contributed by atoms with Gasteiger partial charge in [0.2, 0.25) is 0 Å². The Morgan fingerprint density at radius 3 is 2.50 bits per heavy atom. The van der Waals surface area contributed by atoms with Gasteiger partial charge in [0.1, 0.15) is 11.4 Å². The summed E-state index contributed by atoms with van der Waals surface area (Å²) in [5, 5.41) is 3.17.